The van der Waals surface area contributed by atoms with Crippen LogP contribution in [-0.2, 0) is 24.5 Å². The lowest BCUT2D eigenvalue weighted by atomic mass is 10.2. The van der Waals surface area contributed by atoms with Crippen LogP contribution in [0.15, 0.2) is 35.2 Å². The number of rotatable bonds is 5. The second-order valence-corrected chi connectivity index (χ2v) is 9.39. The van der Waals surface area contributed by atoms with Crippen LogP contribution in [0.5, 0.6) is 0 Å². The van der Waals surface area contributed by atoms with E-state index in [9.17, 15) is 21.6 Å². The van der Waals surface area contributed by atoms with E-state index in [1.54, 1.807) is 18.2 Å². The van der Waals surface area contributed by atoms with Gasteiger partial charge in [-0.15, -0.1) is 0 Å². The van der Waals surface area contributed by atoms with Crippen LogP contribution in [0.4, 0.5) is 0 Å². The minimum atomic E-state index is -3.49. The third kappa shape index (κ3) is 4.53. The van der Waals surface area contributed by atoms with Gasteiger partial charge in [0, 0.05) is 12.5 Å². The predicted octanol–water partition coefficient (Wildman–Crippen LogP) is 0.154. The van der Waals surface area contributed by atoms with Crippen LogP contribution in [0, 0.1) is 0 Å². The van der Waals surface area contributed by atoms with Crippen molar-refractivity contribution in [3.63, 3.8) is 0 Å². The van der Waals surface area contributed by atoms with Crippen LogP contribution in [-0.4, -0.2) is 46.0 Å². The first-order valence-corrected chi connectivity index (χ1v) is 10.0. The molecule has 1 aromatic carbocycles. The molecule has 0 radical (unpaired) electrons. The first-order chi connectivity index (χ1) is 9.78. The molecule has 21 heavy (non-hydrogen) atoms. The van der Waals surface area contributed by atoms with Gasteiger partial charge in [-0.05, 0) is 18.6 Å². The van der Waals surface area contributed by atoms with E-state index in [0.717, 1.165) is 0 Å². The molecule has 0 aliphatic carbocycles. The molecule has 1 amide bonds. The summed E-state index contributed by atoms with van der Waals surface area (Å²) in [5, 5.41) is 2.58. The van der Waals surface area contributed by atoms with E-state index in [4.69, 9.17) is 0 Å². The fourth-order valence-electron chi connectivity index (χ4n) is 2.18. The topological polar surface area (TPSA) is 97.4 Å². The zero-order valence-electron chi connectivity index (χ0n) is 11.4. The molecule has 116 valence electrons. The summed E-state index contributed by atoms with van der Waals surface area (Å²) in [5.74, 6) is -0.719. The van der Waals surface area contributed by atoms with Crippen molar-refractivity contribution in [3.05, 3.63) is 30.3 Å². The predicted molar refractivity (Wildman–Crippen MR) is 78.3 cm³/mol. The molecular weight excluding hydrogens is 314 g/mol. The Kier molecular flexibility index (Phi) is 4.67. The lowest BCUT2D eigenvalue weighted by Crippen LogP contribution is -2.36. The molecule has 1 saturated heterocycles. The Labute approximate surface area is 124 Å². The Balaban J connectivity index is 1.87. The summed E-state index contributed by atoms with van der Waals surface area (Å²) in [6, 6.07) is 7.52. The maximum absolute atomic E-state index is 12.0. The second kappa shape index (κ2) is 6.15. The van der Waals surface area contributed by atoms with E-state index in [-0.39, 0.29) is 28.6 Å². The van der Waals surface area contributed by atoms with Gasteiger partial charge in [-0.3, -0.25) is 4.79 Å². The lowest BCUT2D eigenvalue weighted by Gasteiger charge is -2.10. The molecule has 1 fully saturated rings. The van der Waals surface area contributed by atoms with E-state index in [1.165, 1.54) is 12.1 Å². The maximum atomic E-state index is 12.0. The molecule has 1 unspecified atom stereocenters. The molecule has 0 spiro atoms. The monoisotopic (exact) mass is 331 g/mol. The first kappa shape index (κ1) is 16.0. The van der Waals surface area contributed by atoms with Crippen molar-refractivity contribution < 1.29 is 21.6 Å². The molecule has 0 bridgehead atoms. The van der Waals surface area contributed by atoms with Crippen LogP contribution in [0.2, 0.25) is 0 Å². The molecule has 0 saturated carbocycles. The Morgan fingerprint density at radius 2 is 1.90 bits per heavy atom. The molecule has 8 heteroatoms. The van der Waals surface area contributed by atoms with Gasteiger partial charge in [-0.2, -0.15) is 0 Å². The van der Waals surface area contributed by atoms with Crippen LogP contribution >= 0.6 is 0 Å². The van der Waals surface area contributed by atoms with E-state index >= 15 is 0 Å². The van der Waals surface area contributed by atoms with Crippen molar-refractivity contribution in [2.24, 2.45) is 0 Å². The average Bonchev–Trinajstić information content (AvgIpc) is 2.77. The Morgan fingerprint density at radius 1 is 1.24 bits per heavy atom. The van der Waals surface area contributed by atoms with Crippen molar-refractivity contribution in [1.29, 1.82) is 0 Å². The van der Waals surface area contributed by atoms with Crippen LogP contribution in [0.25, 0.3) is 0 Å². The zero-order chi connectivity index (χ0) is 15.5. The third-order valence-electron chi connectivity index (χ3n) is 3.30. The molecule has 1 aliphatic rings. The SMILES string of the molecule is O=C(CCS(=O)(=O)c1ccccc1)NC1CCS(=O)(=O)C1. The van der Waals surface area contributed by atoms with Crippen LogP contribution < -0.4 is 5.32 Å². The van der Waals surface area contributed by atoms with Crippen molar-refractivity contribution >= 4 is 25.6 Å². The Morgan fingerprint density at radius 3 is 2.48 bits per heavy atom. The van der Waals surface area contributed by atoms with E-state index in [1.807, 2.05) is 0 Å². The highest BCUT2D eigenvalue weighted by Crippen LogP contribution is 2.13. The molecular formula is C13H17NO5S2. The fourth-order valence-corrected chi connectivity index (χ4v) is 5.12. The number of sulfone groups is 2. The highest BCUT2D eigenvalue weighted by Gasteiger charge is 2.29. The molecule has 1 heterocycles. The van der Waals surface area contributed by atoms with Gasteiger partial charge in [0.15, 0.2) is 19.7 Å². The van der Waals surface area contributed by atoms with Crippen molar-refractivity contribution in [2.45, 2.75) is 23.8 Å². The molecule has 1 N–H and O–H groups in total. The number of hydrogen-bond acceptors (Lipinski definition) is 5. The number of amides is 1. The molecule has 1 atom stereocenters. The number of carbonyl (C=O) groups excluding carboxylic acids is 1. The summed E-state index contributed by atoms with van der Waals surface area (Å²) in [5.41, 5.74) is 0. The summed E-state index contributed by atoms with van der Waals surface area (Å²) < 4.78 is 46.6. The molecule has 1 aromatic rings. The lowest BCUT2D eigenvalue weighted by molar-refractivity contribution is -0.121. The van der Waals surface area contributed by atoms with Gasteiger partial charge in [0.25, 0.3) is 0 Å². The number of carbonyl (C=O) groups is 1. The standard InChI is InChI=1S/C13H17NO5S2/c15-13(14-11-6-8-20(16,17)10-11)7-9-21(18,19)12-4-2-1-3-5-12/h1-5,11H,6-10H2,(H,14,15). The maximum Gasteiger partial charge on any atom is 0.221 e. The smallest absolute Gasteiger partial charge is 0.221 e. The van der Waals surface area contributed by atoms with Gasteiger partial charge in [0.2, 0.25) is 5.91 Å². The van der Waals surface area contributed by atoms with Crippen molar-refractivity contribution in [1.82, 2.24) is 5.32 Å². The quantitative estimate of drug-likeness (QED) is 0.828. The third-order valence-corrected chi connectivity index (χ3v) is 6.80. The van der Waals surface area contributed by atoms with Crippen LogP contribution in [0.3, 0.4) is 0 Å². The Bertz CT molecular complexity index is 710. The normalized spacial score (nSPS) is 21.0. The highest BCUT2D eigenvalue weighted by molar-refractivity contribution is 7.91. The van der Waals surface area contributed by atoms with Crippen molar-refractivity contribution in [3.8, 4) is 0 Å². The number of nitrogens with one attached hydrogen (secondary N) is 1. The van der Waals surface area contributed by atoms with Gasteiger partial charge in [-0.1, -0.05) is 18.2 Å². The molecule has 1 aliphatic heterocycles. The minimum absolute atomic E-state index is 0.0653. The molecule has 0 aromatic heterocycles. The fraction of sp³-hybridized carbons (Fsp3) is 0.462. The summed E-state index contributed by atoms with van der Waals surface area (Å²) in [7, 11) is -6.55. The van der Waals surface area contributed by atoms with Gasteiger partial charge in [0.05, 0.1) is 22.2 Å². The number of benzene rings is 1. The summed E-state index contributed by atoms with van der Waals surface area (Å²) in [4.78, 5) is 11.9. The first-order valence-electron chi connectivity index (χ1n) is 6.56. The van der Waals surface area contributed by atoms with Crippen LogP contribution in [0.1, 0.15) is 12.8 Å². The summed E-state index contributed by atoms with van der Waals surface area (Å²) in [6.07, 6.45) is 0.216. The van der Waals surface area contributed by atoms with E-state index < -0.39 is 31.6 Å². The number of hydrogen-bond donors (Lipinski definition) is 1. The van der Waals surface area contributed by atoms with Gasteiger partial charge in [0.1, 0.15) is 0 Å². The van der Waals surface area contributed by atoms with Crippen molar-refractivity contribution in [2.75, 3.05) is 17.3 Å². The average molecular weight is 331 g/mol. The molecule has 2 rings (SSSR count). The van der Waals surface area contributed by atoms with Gasteiger partial charge >= 0.3 is 0 Å². The summed E-state index contributed by atoms with van der Waals surface area (Å²) >= 11 is 0. The van der Waals surface area contributed by atoms with E-state index in [2.05, 4.69) is 5.32 Å². The minimum Gasteiger partial charge on any atom is -0.352 e. The van der Waals surface area contributed by atoms with E-state index in [0.29, 0.717) is 6.42 Å². The Hall–Kier alpha value is -1.41. The largest absolute Gasteiger partial charge is 0.352 e. The zero-order valence-corrected chi connectivity index (χ0v) is 13.0. The second-order valence-electron chi connectivity index (χ2n) is 5.05. The van der Waals surface area contributed by atoms with Gasteiger partial charge < -0.3 is 5.32 Å². The highest BCUT2D eigenvalue weighted by atomic mass is 32.2. The summed E-state index contributed by atoms with van der Waals surface area (Å²) in [6.45, 7) is 0. The van der Waals surface area contributed by atoms with Gasteiger partial charge in [-0.25, -0.2) is 16.8 Å². The molecule has 6 nitrogen and oxygen atoms in total.